The van der Waals surface area contributed by atoms with Gasteiger partial charge in [0.25, 0.3) is 0 Å². The van der Waals surface area contributed by atoms with Crippen molar-refractivity contribution in [3.05, 3.63) is 124 Å². The summed E-state index contributed by atoms with van der Waals surface area (Å²) < 4.78 is 22.5. The van der Waals surface area contributed by atoms with Gasteiger partial charge in [0.05, 0.1) is 78.7 Å². The third-order valence-corrected chi connectivity index (χ3v) is 11.6. The van der Waals surface area contributed by atoms with Gasteiger partial charge in [-0.3, -0.25) is 24.0 Å². The van der Waals surface area contributed by atoms with E-state index in [1.807, 2.05) is 73.4 Å². The van der Waals surface area contributed by atoms with Gasteiger partial charge >= 0.3 is 0 Å². The smallest absolute Gasteiger partial charge is 0.227 e. The number of halogens is 1. The van der Waals surface area contributed by atoms with Crippen LogP contribution in [-0.2, 0) is 26.2 Å². The van der Waals surface area contributed by atoms with Gasteiger partial charge in [-0.15, -0.1) is 0 Å². The molecule has 17 nitrogen and oxygen atoms in total. The van der Waals surface area contributed by atoms with E-state index in [-0.39, 0.29) is 84.0 Å². The molecule has 3 aliphatic rings. The molecular formula is C51H59IN3O14PS. The Labute approximate surface area is 433 Å². The molecule has 0 radical (unpaired) electrons. The second-order valence-corrected chi connectivity index (χ2v) is 17.8. The van der Waals surface area contributed by atoms with Crippen LogP contribution in [0.15, 0.2) is 109 Å². The highest BCUT2D eigenvalue weighted by molar-refractivity contribution is 14.1. The lowest BCUT2D eigenvalue weighted by molar-refractivity contribution is -0.119. The number of para-hydroxylation sites is 5. The highest BCUT2D eigenvalue weighted by Crippen LogP contribution is 2.36. The lowest BCUT2D eigenvalue weighted by atomic mass is 10.2. The number of aliphatic hydroxyl groups is 2. The third-order valence-electron chi connectivity index (χ3n) is 10.7. The Morgan fingerprint density at radius 2 is 1.06 bits per heavy atom. The Balaban J connectivity index is 0.000000248. The molecule has 3 saturated heterocycles. The highest BCUT2D eigenvalue weighted by atomic mass is 127. The number of anilines is 2. The molecule has 3 heterocycles. The summed E-state index contributed by atoms with van der Waals surface area (Å²) in [4.78, 5) is 59.1. The number of aldehydes is 2. The summed E-state index contributed by atoms with van der Waals surface area (Å²) in [7, 11) is 5.82. The summed E-state index contributed by atoms with van der Waals surface area (Å²) in [6.45, 7) is 2.19. The number of aliphatic hydroxyl groups excluding tert-OH is 2. The van der Waals surface area contributed by atoms with Crippen molar-refractivity contribution in [1.82, 2.24) is 5.32 Å². The molecule has 0 spiro atoms. The van der Waals surface area contributed by atoms with E-state index in [0.717, 1.165) is 28.8 Å². The summed E-state index contributed by atoms with van der Waals surface area (Å²) in [6.07, 6.45) is 4.59. The molecule has 3 aliphatic heterocycles. The van der Waals surface area contributed by atoms with Crippen LogP contribution in [0, 0.1) is 3.57 Å². The zero-order valence-corrected chi connectivity index (χ0v) is 43.5. The first-order valence-corrected chi connectivity index (χ1v) is 25.5. The first kappa shape index (κ1) is 58.9. The third kappa shape index (κ3) is 17.8. The van der Waals surface area contributed by atoms with Gasteiger partial charge < -0.3 is 59.6 Å². The molecule has 3 atom stereocenters. The van der Waals surface area contributed by atoms with Gasteiger partial charge in [-0.25, -0.2) is 0 Å². The Hall–Kier alpha value is -6.38. The zero-order chi connectivity index (χ0) is 52.3. The fraction of sp³-hybridized carbons (Fsp3) is 0.314. The van der Waals surface area contributed by atoms with Crippen molar-refractivity contribution < 1.29 is 68.5 Å². The van der Waals surface area contributed by atoms with Crippen LogP contribution in [0.3, 0.4) is 0 Å². The summed E-state index contributed by atoms with van der Waals surface area (Å²) in [5.41, 5.74) is 1.48. The number of hydrogen-bond acceptors (Lipinski definition) is 15. The number of phenols is 3. The van der Waals surface area contributed by atoms with Gasteiger partial charge in [0.15, 0.2) is 12.6 Å². The molecule has 20 heteroatoms. The van der Waals surface area contributed by atoms with Crippen molar-refractivity contribution >= 4 is 83.4 Å². The van der Waals surface area contributed by atoms with Gasteiger partial charge in [0.2, 0.25) is 17.7 Å². The van der Waals surface area contributed by atoms with Crippen molar-refractivity contribution in [2.45, 2.75) is 56.7 Å². The number of ether oxygens (including phenoxy) is 4. The minimum absolute atomic E-state index is 0.00428. The molecule has 5 aromatic carbocycles. The van der Waals surface area contributed by atoms with Crippen LogP contribution in [0.1, 0.15) is 59.2 Å². The van der Waals surface area contributed by atoms with Gasteiger partial charge in [-0.2, -0.15) is 0 Å². The minimum Gasteiger partial charge on any atom is -0.507 e. The van der Waals surface area contributed by atoms with E-state index in [1.165, 1.54) is 24.3 Å². The Bertz CT molecular complexity index is 2500. The quantitative estimate of drug-likeness (QED) is 0.0404. The molecule has 3 fully saturated rings. The predicted octanol–water partition coefficient (Wildman–Crippen LogP) is 7.46. The van der Waals surface area contributed by atoms with E-state index < -0.39 is 0 Å². The van der Waals surface area contributed by atoms with Crippen LogP contribution >= 0.6 is 29.9 Å². The van der Waals surface area contributed by atoms with Crippen molar-refractivity contribution in [1.29, 1.82) is 0 Å². The van der Waals surface area contributed by atoms with Crippen LogP contribution in [-0.4, -0.2) is 122 Å². The first-order chi connectivity index (χ1) is 34.3. The van der Waals surface area contributed by atoms with E-state index in [1.54, 1.807) is 49.3 Å². The van der Waals surface area contributed by atoms with E-state index in [4.69, 9.17) is 34.3 Å². The van der Waals surface area contributed by atoms with Crippen LogP contribution in [0.4, 0.5) is 11.4 Å². The van der Waals surface area contributed by atoms with Gasteiger partial charge in [-0.05, 0) is 117 Å². The summed E-state index contributed by atoms with van der Waals surface area (Å²) in [5, 5.41) is 47.9. The fourth-order valence-electron chi connectivity index (χ4n) is 7.19. The monoisotopic (exact) mass is 1130 g/mol. The molecule has 380 valence electrons. The van der Waals surface area contributed by atoms with Crippen molar-refractivity contribution in [3.8, 4) is 40.2 Å². The van der Waals surface area contributed by atoms with Crippen molar-refractivity contribution in [2.75, 3.05) is 57.6 Å². The number of nitrogens with zero attached hydrogens (tertiary/aromatic N) is 2. The number of rotatable bonds is 12. The van der Waals surface area contributed by atoms with E-state index in [9.17, 15) is 34.2 Å². The molecular weight excluding hydrogens is 1070 g/mol. The summed E-state index contributed by atoms with van der Waals surface area (Å²) in [6, 6.07) is 31.1. The number of carbonyl (C=O) groups excluding carboxylic acids is 5. The van der Waals surface area contributed by atoms with Gasteiger partial charge in [0.1, 0.15) is 46.9 Å². The molecule has 5 aromatic rings. The molecule has 3 amide bonds. The first-order valence-electron chi connectivity index (χ1n) is 22.0. The number of carbonyl (C=O) groups is 5. The SMILES string of the molecule is COc1ccccc1I.COc1ccccc1N1C(=O)CC[C@H]1CO.COc1ccccc1N1C(=O)CC[C@H]1COc1cccc(O)c1C=O.CP=S.O=C1CC[C@@H](CO)N1.O=Cc1c(O)cccc1O. The molecule has 0 unspecified atom stereocenters. The Kier molecular flexibility index (Phi) is 26.4. The maximum absolute atomic E-state index is 12.4. The molecule has 8 rings (SSSR count). The van der Waals surface area contributed by atoms with Crippen LogP contribution in [0.2, 0.25) is 0 Å². The number of aromatic hydroxyl groups is 3. The number of hydrogen-bond donors (Lipinski definition) is 6. The average molecular weight is 1130 g/mol. The normalized spacial score (nSPS) is 16.4. The molecule has 0 saturated carbocycles. The zero-order valence-electron chi connectivity index (χ0n) is 39.7. The number of phenolic OH excluding ortho intramolecular Hbond substituents is 3. The van der Waals surface area contributed by atoms with E-state index in [0.29, 0.717) is 67.6 Å². The van der Waals surface area contributed by atoms with Crippen LogP contribution < -0.4 is 34.1 Å². The molecule has 71 heavy (non-hydrogen) atoms. The molecule has 6 N–H and O–H groups in total. The van der Waals surface area contributed by atoms with Crippen molar-refractivity contribution in [3.63, 3.8) is 0 Å². The van der Waals surface area contributed by atoms with Gasteiger partial charge in [0, 0.05) is 19.3 Å². The fourth-order valence-corrected chi connectivity index (χ4v) is 7.79. The predicted molar refractivity (Wildman–Crippen MR) is 282 cm³/mol. The molecule has 0 aromatic heterocycles. The maximum Gasteiger partial charge on any atom is 0.227 e. The van der Waals surface area contributed by atoms with Gasteiger partial charge in [-0.1, -0.05) is 60.3 Å². The summed E-state index contributed by atoms with van der Waals surface area (Å²) in [5.74, 6) is 2.11. The van der Waals surface area contributed by atoms with E-state index >= 15 is 0 Å². The second kappa shape index (κ2) is 31.8. The minimum atomic E-state index is -0.199. The number of benzene rings is 5. The number of amides is 3. The topological polar surface area (TPSA) is 242 Å². The lowest BCUT2D eigenvalue weighted by Crippen LogP contribution is -2.37. The largest absolute Gasteiger partial charge is 0.507 e. The maximum atomic E-state index is 12.4. The van der Waals surface area contributed by atoms with E-state index in [2.05, 4.69) is 39.7 Å². The number of methoxy groups -OCH3 is 3. The number of nitrogens with one attached hydrogen (secondary N) is 1. The summed E-state index contributed by atoms with van der Waals surface area (Å²) >= 11 is 6.60. The standard InChI is InChI=1S/C19H19NO5.C12H15NO3.C7H7IO.C7H6O3.C5H9NO2.CH3PS/c1-24-18-7-3-2-5-15(18)20-13(9-10-19(20)23)12-25-17-8-4-6-16(22)14(17)11-21;1-16-11-5-3-2-4-10(11)13-9(8-14)6-7-12(13)15;1-9-7-5-3-2-4-6(7)8;8-4-5-6(9)2-1-3-7(5)10;7-3-4-1-2-5(8)6-4;1-2-3/h2-8,11,13,22H,9-10,12H2,1H3;2-5,9,14H,6-8H2,1H3;2-5H,1H3;1-4,9-10H;4,7H,1-3H2,(H,6,8);1H3/t13-;9-;;;4-;/m00..0./s1. The average Bonchev–Trinajstić information content (AvgIpc) is 4.10. The highest BCUT2D eigenvalue weighted by Gasteiger charge is 2.35. The lowest BCUT2D eigenvalue weighted by Gasteiger charge is -2.26. The Morgan fingerprint density at radius 1 is 0.620 bits per heavy atom. The second-order valence-electron chi connectivity index (χ2n) is 15.2. The van der Waals surface area contributed by atoms with Crippen LogP contribution in [0.25, 0.3) is 0 Å². The molecule has 0 bridgehead atoms. The molecule has 0 aliphatic carbocycles. The Morgan fingerprint density at radius 3 is 1.46 bits per heavy atom. The van der Waals surface area contributed by atoms with Crippen molar-refractivity contribution in [2.24, 2.45) is 0 Å². The van der Waals surface area contributed by atoms with Crippen LogP contribution in [0.5, 0.6) is 40.2 Å².